The van der Waals surface area contributed by atoms with E-state index in [9.17, 15) is 23.1 Å². The van der Waals surface area contributed by atoms with Gasteiger partial charge in [0.1, 0.15) is 0 Å². The number of aliphatic hydroxyl groups excluding tert-OH is 1. The van der Waals surface area contributed by atoms with Crippen LogP contribution in [0.2, 0.25) is 0 Å². The fourth-order valence-corrected chi connectivity index (χ4v) is 6.64. The van der Waals surface area contributed by atoms with Crippen molar-refractivity contribution in [3.63, 3.8) is 0 Å². The van der Waals surface area contributed by atoms with Crippen LogP contribution in [0, 0.1) is 11.3 Å². The van der Waals surface area contributed by atoms with Crippen LogP contribution >= 0.6 is 0 Å². The second-order valence-corrected chi connectivity index (χ2v) is 10.5. The van der Waals surface area contributed by atoms with Crippen LogP contribution in [-0.2, 0) is 19.4 Å². The van der Waals surface area contributed by atoms with Crippen LogP contribution in [-0.4, -0.2) is 67.0 Å². The van der Waals surface area contributed by atoms with Crippen molar-refractivity contribution in [2.75, 3.05) is 24.6 Å². The van der Waals surface area contributed by atoms with E-state index >= 15 is 0 Å². The molecular formula is C18H28N2O5S. The van der Waals surface area contributed by atoms with Gasteiger partial charge in [0.05, 0.1) is 23.7 Å². The van der Waals surface area contributed by atoms with Gasteiger partial charge in [-0.05, 0) is 38.5 Å². The van der Waals surface area contributed by atoms with Crippen LogP contribution in [0.15, 0.2) is 11.6 Å². The number of likely N-dealkylation sites (tertiary alicyclic amines) is 1. The third-order valence-electron chi connectivity index (χ3n) is 5.69. The molecule has 3 fully saturated rings. The van der Waals surface area contributed by atoms with Gasteiger partial charge in [-0.2, -0.15) is 0 Å². The molecule has 0 unspecified atom stereocenters. The van der Waals surface area contributed by atoms with Crippen molar-refractivity contribution >= 4 is 21.7 Å². The number of carbonyl (C=O) groups excluding carboxylic acids is 2. The van der Waals surface area contributed by atoms with Crippen LogP contribution in [0.25, 0.3) is 0 Å². The Morgan fingerprint density at radius 2 is 1.92 bits per heavy atom. The number of allylic oxidation sites excluding steroid dienone is 1. The minimum Gasteiger partial charge on any atom is -0.391 e. The van der Waals surface area contributed by atoms with Gasteiger partial charge in [-0.3, -0.25) is 9.59 Å². The first-order chi connectivity index (χ1) is 12.1. The van der Waals surface area contributed by atoms with E-state index in [0.29, 0.717) is 32.4 Å². The number of nitrogens with one attached hydrogen (secondary N) is 1. The molecule has 26 heavy (non-hydrogen) atoms. The maximum Gasteiger partial charge on any atom is 0.225 e. The van der Waals surface area contributed by atoms with E-state index in [4.69, 9.17) is 0 Å². The van der Waals surface area contributed by atoms with Crippen molar-refractivity contribution in [1.82, 2.24) is 10.2 Å². The summed E-state index contributed by atoms with van der Waals surface area (Å²) >= 11 is 0. The molecule has 1 aliphatic carbocycles. The Hall–Kier alpha value is -1.41. The van der Waals surface area contributed by atoms with Crippen LogP contribution in [0.3, 0.4) is 0 Å². The van der Waals surface area contributed by atoms with E-state index < -0.39 is 22.0 Å². The Morgan fingerprint density at radius 1 is 1.27 bits per heavy atom. The van der Waals surface area contributed by atoms with E-state index in [1.165, 1.54) is 0 Å². The average molecular weight is 384 g/mol. The summed E-state index contributed by atoms with van der Waals surface area (Å²) in [7, 11) is -2.88. The molecule has 0 bridgehead atoms. The van der Waals surface area contributed by atoms with Crippen molar-refractivity contribution in [2.45, 2.75) is 51.7 Å². The van der Waals surface area contributed by atoms with Gasteiger partial charge in [0.2, 0.25) is 11.8 Å². The molecule has 0 aromatic carbocycles. The smallest absolute Gasteiger partial charge is 0.225 e. The quantitative estimate of drug-likeness (QED) is 0.676. The Morgan fingerprint density at radius 3 is 2.50 bits per heavy atom. The highest BCUT2D eigenvalue weighted by atomic mass is 32.2. The summed E-state index contributed by atoms with van der Waals surface area (Å²) in [6, 6.07) is -0.455. The van der Waals surface area contributed by atoms with Gasteiger partial charge in [-0.15, -0.1) is 0 Å². The SMILES string of the molecule is CC(C)=CCC(=O)N[C@@H]1CN(C(=O)C2CC3(C2)CS(=O)(=O)C3)CC[C@H]1O. The number of amides is 2. The maximum absolute atomic E-state index is 12.7. The minimum absolute atomic E-state index is 0.0235. The van der Waals surface area contributed by atoms with E-state index in [1.54, 1.807) is 4.90 Å². The fourth-order valence-electron chi connectivity index (χ4n) is 4.39. The first-order valence-electron chi connectivity index (χ1n) is 9.19. The molecule has 2 amide bonds. The van der Waals surface area contributed by atoms with E-state index in [0.717, 1.165) is 5.57 Å². The molecule has 2 heterocycles. The zero-order valence-corrected chi connectivity index (χ0v) is 16.2. The lowest BCUT2D eigenvalue weighted by Gasteiger charge is -2.53. The zero-order chi connectivity index (χ0) is 19.1. The van der Waals surface area contributed by atoms with Crippen LogP contribution in [0.5, 0.6) is 0 Å². The molecule has 0 radical (unpaired) electrons. The summed E-state index contributed by atoms with van der Waals surface area (Å²) < 4.78 is 22.8. The number of hydrogen-bond donors (Lipinski definition) is 2. The monoisotopic (exact) mass is 384 g/mol. The number of carbonyl (C=O) groups is 2. The predicted molar refractivity (Wildman–Crippen MR) is 97.0 cm³/mol. The minimum atomic E-state index is -2.88. The lowest BCUT2D eigenvalue weighted by molar-refractivity contribution is -0.146. The first kappa shape index (κ1) is 19.4. The predicted octanol–water partition coefficient (Wildman–Crippen LogP) is 0.246. The highest BCUT2D eigenvalue weighted by Gasteiger charge is 2.58. The number of hydrogen-bond acceptors (Lipinski definition) is 5. The third kappa shape index (κ3) is 4.11. The lowest BCUT2D eigenvalue weighted by atomic mass is 9.63. The molecule has 8 heteroatoms. The molecule has 2 N–H and O–H groups in total. The third-order valence-corrected chi connectivity index (χ3v) is 7.79. The average Bonchev–Trinajstić information content (AvgIpc) is 2.49. The normalized spacial score (nSPS) is 29.4. The van der Waals surface area contributed by atoms with Crippen LogP contribution in [0.4, 0.5) is 0 Å². The number of piperidine rings is 1. The second kappa shape index (κ2) is 6.96. The Labute approximate surface area is 154 Å². The summed E-state index contributed by atoms with van der Waals surface area (Å²) in [5.74, 6) is 0.168. The largest absolute Gasteiger partial charge is 0.391 e. The zero-order valence-electron chi connectivity index (χ0n) is 15.4. The maximum atomic E-state index is 12.7. The molecule has 1 spiro atoms. The van der Waals surface area contributed by atoms with Gasteiger partial charge >= 0.3 is 0 Å². The van der Waals surface area contributed by atoms with Gasteiger partial charge < -0.3 is 15.3 Å². The van der Waals surface area contributed by atoms with Crippen molar-refractivity contribution < 1.29 is 23.1 Å². The molecule has 0 aromatic heterocycles. The Bertz CT molecular complexity index is 706. The molecule has 2 saturated heterocycles. The molecule has 7 nitrogen and oxygen atoms in total. The molecule has 146 valence electrons. The molecule has 3 rings (SSSR count). The Kier molecular flexibility index (Phi) is 5.18. The summed E-state index contributed by atoms with van der Waals surface area (Å²) in [6.45, 7) is 4.62. The number of aliphatic hydroxyl groups is 1. The van der Waals surface area contributed by atoms with Gasteiger partial charge in [-0.25, -0.2) is 8.42 Å². The number of nitrogens with zero attached hydrogens (tertiary/aromatic N) is 1. The van der Waals surface area contributed by atoms with Crippen molar-refractivity contribution in [2.24, 2.45) is 11.3 Å². The van der Waals surface area contributed by atoms with E-state index in [2.05, 4.69) is 5.32 Å². The second-order valence-electron chi connectivity index (χ2n) is 8.44. The van der Waals surface area contributed by atoms with Crippen LogP contribution in [0.1, 0.15) is 39.5 Å². The van der Waals surface area contributed by atoms with Gasteiger partial charge in [0, 0.05) is 25.4 Å². The van der Waals surface area contributed by atoms with Crippen LogP contribution < -0.4 is 5.32 Å². The summed E-state index contributed by atoms with van der Waals surface area (Å²) in [6.07, 6.45) is 3.15. The summed E-state index contributed by atoms with van der Waals surface area (Å²) in [5, 5.41) is 13.0. The molecule has 1 saturated carbocycles. The summed E-state index contributed by atoms with van der Waals surface area (Å²) in [4.78, 5) is 26.4. The number of sulfone groups is 1. The molecular weight excluding hydrogens is 356 g/mol. The number of rotatable bonds is 4. The van der Waals surface area contributed by atoms with Crippen molar-refractivity contribution in [1.29, 1.82) is 0 Å². The van der Waals surface area contributed by atoms with Gasteiger partial charge in [-0.1, -0.05) is 11.6 Å². The summed E-state index contributed by atoms with van der Waals surface area (Å²) in [5.41, 5.74) is 0.893. The first-order valence-corrected chi connectivity index (χ1v) is 11.0. The highest BCUT2D eigenvalue weighted by Crippen LogP contribution is 2.53. The van der Waals surface area contributed by atoms with E-state index in [1.807, 2.05) is 19.9 Å². The fraction of sp³-hybridized carbons (Fsp3) is 0.778. The molecule has 2 aliphatic heterocycles. The molecule has 2 atom stereocenters. The lowest BCUT2D eigenvalue weighted by Crippen LogP contribution is -2.62. The standard InChI is InChI=1S/C18H28N2O5S/c1-12(2)3-4-16(22)19-14-9-20(6-5-15(14)21)17(23)13-7-18(8-13)10-26(24,25)11-18/h3,13-15,21H,4-11H2,1-2H3,(H,19,22)/t14-,15-/m1/s1. The highest BCUT2D eigenvalue weighted by molar-refractivity contribution is 7.92. The van der Waals surface area contributed by atoms with Gasteiger partial charge in [0.25, 0.3) is 0 Å². The van der Waals surface area contributed by atoms with Gasteiger partial charge in [0.15, 0.2) is 9.84 Å². The Balaban J connectivity index is 1.51. The van der Waals surface area contributed by atoms with Crippen molar-refractivity contribution in [3.8, 4) is 0 Å². The molecule has 0 aromatic rings. The van der Waals surface area contributed by atoms with E-state index in [-0.39, 0.29) is 41.1 Å². The topological polar surface area (TPSA) is 104 Å². The molecule has 3 aliphatic rings. The van der Waals surface area contributed by atoms with Crippen molar-refractivity contribution in [3.05, 3.63) is 11.6 Å².